The van der Waals surface area contributed by atoms with Gasteiger partial charge in [0, 0.05) is 10.5 Å². The minimum atomic E-state index is 0.377. The third-order valence-electron chi connectivity index (χ3n) is 1.26. The van der Waals surface area contributed by atoms with Crippen molar-refractivity contribution in [1.82, 2.24) is 0 Å². The fraction of sp³-hybridized carbons (Fsp3) is 0.429. The Labute approximate surface area is 66.9 Å². The van der Waals surface area contributed by atoms with Gasteiger partial charge in [0.1, 0.15) is 0 Å². The average Bonchev–Trinajstić information content (AvgIpc) is 1.93. The molecule has 0 aromatic carbocycles. The molecule has 0 spiro atoms. The fourth-order valence-corrected chi connectivity index (χ4v) is 1.61. The van der Waals surface area contributed by atoms with Crippen LogP contribution in [-0.4, -0.2) is 10.5 Å². The van der Waals surface area contributed by atoms with E-state index in [0.717, 1.165) is 6.42 Å². The van der Waals surface area contributed by atoms with Crippen molar-refractivity contribution in [2.75, 3.05) is 0 Å². The quantitative estimate of drug-likeness (QED) is 0.496. The number of allylic oxidation sites excluding steroid dienone is 2. The van der Waals surface area contributed by atoms with Crippen molar-refractivity contribution >= 4 is 25.3 Å². The lowest BCUT2D eigenvalue weighted by molar-refractivity contribution is 0.916. The van der Waals surface area contributed by atoms with Crippen LogP contribution in [0.5, 0.6) is 0 Å². The smallest absolute Gasteiger partial charge is 0.0213 e. The first-order valence-corrected chi connectivity index (χ1v) is 4.03. The largest absolute Gasteiger partial charge is 0.172 e. The van der Waals surface area contributed by atoms with Crippen LogP contribution >= 0.6 is 25.3 Å². The van der Waals surface area contributed by atoms with Gasteiger partial charge in [-0.2, -0.15) is 25.3 Å². The topological polar surface area (TPSA) is 0 Å². The molecule has 0 nitrogen and oxygen atoms in total. The molecular weight excluding hydrogens is 148 g/mol. The van der Waals surface area contributed by atoms with Gasteiger partial charge in [-0.3, -0.25) is 0 Å². The van der Waals surface area contributed by atoms with Crippen molar-refractivity contribution in [1.29, 1.82) is 0 Å². The van der Waals surface area contributed by atoms with Gasteiger partial charge in [0.15, 0.2) is 0 Å². The molecule has 0 N–H and O–H groups in total. The van der Waals surface area contributed by atoms with Gasteiger partial charge < -0.3 is 0 Å². The molecule has 50 valence electrons. The van der Waals surface area contributed by atoms with Crippen molar-refractivity contribution in [2.24, 2.45) is 0 Å². The summed E-state index contributed by atoms with van der Waals surface area (Å²) >= 11 is 8.63. The van der Waals surface area contributed by atoms with Crippen LogP contribution in [0.25, 0.3) is 0 Å². The molecule has 0 aliphatic heterocycles. The lowest BCUT2D eigenvalue weighted by Gasteiger charge is -2.05. The van der Waals surface area contributed by atoms with Crippen molar-refractivity contribution in [2.45, 2.75) is 16.9 Å². The first-order chi connectivity index (χ1) is 4.29. The summed E-state index contributed by atoms with van der Waals surface area (Å²) in [6, 6.07) is 0. The summed E-state index contributed by atoms with van der Waals surface area (Å²) in [5.41, 5.74) is 0. The van der Waals surface area contributed by atoms with Crippen LogP contribution in [-0.2, 0) is 0 Å². The highest BCUT2D eigenvalue weighted by atomic mass is 32.1. The molecule has 9 heavy (non-hydrogen) atoms. The van der Waals surface area contributed by atoms with Gasteiger partial charge in [-0.05, 0) is 6.42 Å². The van der Waals surface area contributed by atoms with E-state index in [2.05, 4.69) is 37.4 Å². The molecule has 0 unspecified atom stereocenters. The Morgan fingerprint density at radius 3 is 1.89 bits per heavy atom. The maximum absolute atomic E-state index is 4.31. The third kappa shape index (κ3) is 2.50. The normalized spacial score (nSPS) is 34.4. The molecule has 0 aromatic rings. The maximum atomic E-state index is 4.31. The zero-order chi connectivity index (χ0) is 6.69. The zero-order valence-corrected chi connectivity index (χ0v) is 6.85. The monoisotopic (exact) mass is 158 g/mol. The van der Waals surface area contributed by atoms with Gasteiger partial charge in [-0.15, -0.1) is 0 Å². The first-order valence-electron chi connectivity index (χ1n) is 3.00. The Bertz CT molecular complexity index is 122. The van der Waals surface area contributed by atoms with Gasteiger partial charge in [0.05, 0.1) is 0 Å². The number of hydrogen-bond donors (Lipinski definition) is 2. The fourth-order valence-electron chi connectivity index (χ4n) is 0.789. The van der Waals surface area contributed by atoms with Crippen molar-refractivity contribution in [3.05, 3.63) is 24.3 Å². The molecule has 2 heteroatoms. The van der Waals surface area contributed by atoms with Crippen LogP contribution in [0.3, 0.4) is 0 Å². The van der Waals surface area contributed by atoms with Crippen LogP contribution in [0, 0.1) is 0 Å². The number of rotatable bonds is 0. The van der Waals surface area contributed by atoms with Crippen LogP contribution in [0.15, 0.2) is 24.3 Å². The molecule has 2 atom stereocenters. The van der Waals surface area contributed by atoms with E-state index >= 15 is 0 Å². The van der Waals surface area contributed by atoms with E-state index < -0.39 is 0 Å². The Hall–Kier alpha value is 0.180. The van der Waals surface area contributed by atoms with E-state index in [-0.39, 0.29) is 0 Å². The minimum Gasteiger partial charge on any atom is -0.172 e. The van der Waals surface area contributed by atoms with E-state index in [1.165, 1.54) is 0 Å². The van der Waals surface area contributed by atoms with Gasteiger partial charge in [-0.1, -0.05) is 24.3 Å². The molecule has 0 saturated carbocycles. The van der Waals surface area contributed by atoms with Gasteiger partial charge in [0.2, 0.25) is 0 Å². The summed E-state index contributed by atoms with van der Waals surface area (Å²) in [6.45, 7) is 0. The Morgan fingerprint density at radius 1 is 1.00 bits per heavy atom. The van der Waals surface area contributed by atoms with Crippen molar-refractivity contribution < 1.29 is 0 Å². The van der Waals surface area contributed by atoms with Crippen molar-refractivity contribution in [3.8, 4) is 0 Å². The lowest BCUT2D eigenvalue weighted by atomic mass is 10.2. The van der Waals surface area contributed by atoms with Gasteiger partial charge >= 0.3 is 0 Å². The highest BCUT2D eigenvalue weighted by Gasteiger charge is 2.05. The Kier molecular flexibility index (Phi) is 2.73. The standard InChI is InChI=1S/C7H10S2/c8-6-3-1-2-4-7(9)5-6/h1-4,6-9H,5H2/t6-,7+. The second kappa shape index (κ2) is 3.37. The van der Waals surface area contributed by atoms with E-state index in [0.29, 0.717) is 10.5 Å². The van der Waals surface area contributed by atoms with Gasteiger partial charge in [0.25, 0.3) is 0 Å². The predicted molar refractivity (Wildman–Crippen MR) is 48.4 cm³/mol. The van der Waals surface area contributed by atoms with Crippen LogP contribution in [0.1, 0.15) is 6.42 Å². The van der Waals surface area contributed by atoms with E-state index in [1.54, 1.807) is 0 Å². The zero-order valence-electron chi connectivity index (χ0n) is 5.07. The molecule has 0 radical (unpaired) electrons. The molecule has 0 heterocycles. The third-order valence-corrected chi connectivity index (χ3v) is 2.03. The number of thiol groups is 2. The molecular formula is C7H10S2. The Balaban J connectivity index is 2.54. The summed E-state index contributed by atoms with van der Waals surface area (Å²) in [5.74, 6) is 0. The molecule has 1 aliphatic rings. The summed E-state index contributed by atoms with van der Waals surface area (Å²) in [5, 5.41) is 0.755. The molecule has 0 aromatic heterocycles. The van der Waals surface area contributed by atoms with E-state index in [9.17, 15) is 0 Å². The summed E-state index contributed by atoms with van der Waals surface area (Å²) < 4.78 is 0. The van der Waals surface area contributed by atoms with Gasteiger partial charge in [-0.25, -0.2) is 0 Å². The molecule has 0 amide bonds. The average molecular weight is 158 g/mol. The second-order valence-electron chi connectivity index (χ2n) is 2.14. The van der Waals surface area contributed by atoms with Crippen LogP contribution in [0.4, 0.5) is 0 Å². The van der Waals surface area contributed by atoms with Crippen molar-refractivity contribution in [3.63, 3.8) is 0 Å². The SMILES string of the molecule is S[C@@H]1C=CC=C[C@H](S)C1. The lowest BCUT2D eigenvalue weighted by Crippen LogP contribution is -2.01. The minimum absolute atomic E-state index is 0.377. The highest BCUT2D eigenvalue weighted by Crippen LogP contribution is 2.15. The molecule has 0 bridgehead atoms. The second-order valence-corrected chi connectivity index (χ2v) is 3.47. The Morgan fingerprint density at radius 2 is 1.44 bits per heavy atom. The van der Waals surface area contributed by atoms with E-state index in [4.69, 9.17) is 0 Å². The van der Waals surface area contributed by atoms with E-state index in [1.807, 2.05) is 12.2 Å². The molecule has 1 rings (SSSR count). The molecule has 0 saturated heterocycles. The molecule has 0 fully saturated rings. The highest BCUT2D eigenvalue weighted by molar-refractivity contribution is 7.82. The maximum Gasteiger partial charge on any atom is 0.0213 e. The summed E-state index contributed by atoms with van der Waals surface area (Å²) in [4.78, 5) is 0. The molecule has 1 aliphatic carbocycles. The summed E-state index contributed by atoms with van der Waals surface area (Å²) in [7, 11) is 0. The van der Waals surface area contributed by atoms with Crippen LogP contribution < -0.4 is 0 Å². The van der Waals surface area contributed by atoms with Crippen LogP contribution in [0.2, 0.25) is 0 Å². The summed E-state index contributed by atoms with van der Waals surface area (Å²) in [6.07, 6.45) is 9.23. The number of hydrogen-bond acceptors (Lipinski definition) is 2. The predicted octanol–water partition coefficient (Wildman–Crippen LogP) is 2.10. The first kappa shape index (κ1) is 7.29.